The van der Waals surface area contributed by atoms with Crippen LogP contribution in [0.1, 0.15) is 32.1 Å². The van der Waals surface area contributed by atoms with Crippen molar-refractivity contribution < 1.29 is 9.59 Å². The average molecular weight is 346 g/mol. The van der Waals surface area contributed by atoms with Crippen molar-refractivity contribution in [1.29, 1.82) is 0 Å². The summed E-state index contributed by atoms with van der Waals surface area (Å²) in [5.74, 6) is -0.494. The van der Waals surface area contributed by atoms with Crippen molar-refractivity contribution in [3.8, 4) is 0 Å². The maximum Gasteiger partial charge on any atom is 0.257 e. The first-order valence-electron chi connectivity index (χ1n) is 8.14. The van der Waals surface area contributed by atoms with E-state index in [1.165, 1.54) is 0 Å². The summed E-state index contributed by atoms with van der Waals surface area (Å²) in [5, 5.41) is 5.61. The SMILES string of the molecule is Cc1ncccc1C(=O)Nc1cccc(C(=O)NCc2ccccn2)c1. The predicted octanol–water partition coefficient (Wildman–Crippen LogP) is 2.97. The summed E-state index contributed by atoms with van der Waals surface area (Å²) in [7, 11) is 0. The van der Waals surface area contributed by atoms with Gasteiger partial charge in [0.05, 0.1) is 17.8 Å². The number of aryl methyl sites for hydroxylation is 1. The van der Waals surface area contributed by atoms with Gasteiger partial charge in [0.25, 0.3) is 11.8 Å². The van der Waals surface area contributed by atoms with E-state index >= 15 is 0 Å². The second-order valence-corrected chi connectivity index (χ2v) is 5.68. The first-order chi connectivity index (χ1) is 12.6. The van der Waals surface area contributed by atoms with Gasteiger partial charge in [-0.3, -0.25) is 19.6 Å². The summed E-state index contributed by atoms with van der Waals surface area (Å²) < 4.78 is 0. The molecule has 6 heteroatoms. The Morgan fingerprint density at radius 1 is 0.923 bits per heavy atom. The van der Waals surface area contributed by atoms with Crippen LogP contribution < -0.4 is 10.6 Å². The number of hydrogen-bond donors (Lipinski definition) is 2. The lowest BCUT2D eigenvalue weighted by atomic mass is 10.1. The zero-order chi connectivity index (χ0) is 18.4. The highest BCUT2D eigenvalue weighted by Gasteiger charge is 2.11. The fourth-order valence-corrected chi connectivity index (χ4v) is 2.44. The molecule has 2 aromatic heterocycles. The zero-order valence-electron chi connectivity index (χ0n) is 14.3. The van der Waals surface area contributed by atoms with Crippen LogP contribution in [0, 0.1) is 6.92 Å². The highest BCUT2D eigenvalue weighted by molar-refractivity contribution is 6.05. The van der Waals surface area contributed by atoms with Gasteiger partial charge in [-0.2, -0.15) is 0 Å². The maximum absolute atomic E-state index is 12.4. The van der Waals surface area contributed by atoms with E-state index in [-0.39, 0.29) is 11.8 Å². The van der Waals surface area contributed by atoms with Crippen LogP contribution in [0.4, 0.5) is 5.69 Å². The second kappa shape index (κ2) is 8.02. The molecule has 1 aromatic carbocycles. The molecule has 0 fully saturated rings. The summed E-state index contributed by atoms with van der Waals surface area (Å²) in [5.41, 5.74) is 2.93. The lowest BCUT2D eigenvalue weighted by Crippen LogP contribution is -2.23. The molecule has 3 rings (SSSR count). The van der Waals surface area contributed by atoms with Crippen molar-refractivity contribution in [3.05, 3.63) is 89.5 Å². The molecule has 0 bridgehead atoms. The molecule has 0 saturated heterocycles. The maximum atomic E-state index is 12.4. The van der Waals surface area contributed by atoms with Crippen LogP contribution in [0.25, 0.3) is 0 Å². The Bertz CT molecular complexity index is 926. The minimum Gasteiger partial charge on any atom is -0.346 e. The quantitative estimate of drug-likeness (QED) is 0.744. The van der Waals surface area contributed by atoms with Gasteiger partial charge in [0, 0.05) is 29.3 Å². The van der Waals surface area contributed by atoms with E-state index in [1.54, 1.807) is 55.7 Å². The minimum absolute atomic E-state index is 0.232. The predicted molar refractivity (Wildman–Crippen MR) is 98.8 cm³/mol. The minimum atomic E-state index is -0.262. The van der Waals surface area contributed by atoms with Crippen LogP contribution in [0.3, 0.4) is 0 Å². The second-order valence-electron chi connectivity index (χ2n) is 5.68. The standard InChI is InChI=1S/C20H18N4O2/c1-14-18(9-5-11-21-14)20(26)24-16-8-4-6-15(12-16)19(25)23-13-17-7-2-3-10-22-17/h2-12H,13H2,1H3,(H,23,25)(H,24,26). The summed E-state index contributed by atoms with van der Waals surface area (Å²) in [6.45, 7) is 2.11. The number of pyridine rings is 2. The van der Waals surface area contributed by atoms with Crippen LogP contribution in [0.2, 0.25) is 0 Å². The molecule has 0 aliphatic heterocycles. The molecule has 2 N–H and O–H groups in total. The largest absolute Gasteiger partial charge is 0.346 e. The molecule has 0 radical (unpaired) electrons. The van der Waals surface area contributed by atoms with Crippen molar-refractivity contribution in [3.63, 3.8) is 0 Å². The van der Waals surface area contributed by atoms with Gasteiger partial charge in [0.2, 0.25) is 0 Å². The molecular formula is C20H18N4O2. The van der Waals surface area contributed by atoms with Gasteiger partial charge in [-0.15, -0.1) is 0 Å². The topological polar surface area (TPSA) is 84.0 Å². The number of amides is 2. The number of rotatable bonds is 5. The van der Waals surface area contributed by atoms with Gasteiger partial charge in [-0.1, -0.05) is 12.1 Å². The number of hydrogen-bond acceptors (Lipinski definition) is 4. The van der Waals surface area contributed by atoms with E-state index in [2.05, 4.69) is 20.6 Å². The van der Waals surface area contributed by atoms with Gasteiger partial charge in [-0.05, 0) is 49.4 Å². The molecule has 0 aliphatic carbocycles. The molecule has 0 unspecified atom stereocenters. The number of carbonyl (C=O) groups excluding carboxylic acids is 2. The Hall–Kier alpha value is -3.54. The molecule has 0 aliphatic rings. The van der Waals surface area contributed by atoms with E-state index in [4.69, 9.17) is 0 Å². The fourth-order valence-electron chi connectivity index (χ4n) is 2.44. The highest BCUT2D eigenvalue weighted by Crippen LogP contribution is 2.13. The third-order valence-electron chi connectivity index (χ3n) is 3.79. The monoisotopic (exact) mass is 346 g/mol. The Morgan fingerprint density at radius 2 is 1.77 bits per heavy atom. The lowest BCUT2D eigenvalue weighted by Gasteiger charge is -2.09. The van der Waals surface area contributed by atoms with Crippen molar-refractivity contribution in [1.82, 2.24) is 15.3 Å². The Balaban J connectivity index is 1.67. The molecule has 0 spiro atoms. The van der Waals surface area contributed by atoms with E-state index in [1.807, 2.05) is 18.2 Å². The van der Waals surface area contributed by atoms with Crippen molar-refractivity contribution in [2.45, 2.75) is 13.5 Å². The van der Waals surface area contributed by atoms with Crippen molar-refractivity contribution in [2.75, 3.05) is 5.32 Å². The Morgan fingerprint density at radius 3 is 2.54 bits per heavy atom. The third-order valence-corrected chi connectivity index (χ3v) is 3.79. The van der Waals surface area contributed by atoms with E-state index in [0.717, 1.165) is 5.69 Å². The smallest absolute Gasteiger partial charge is 0.257 e. The summed E-state index contributed by atoms with van der Waals surface area (Å²) in [4.78, 5) is 33.0. The molecule has 0 atom stereocenters. The van der Waals surface area contributed by atoms with Gasteiger partial charge >= 0.3 is 0 Å². The molecule has 26 heavy (non-hydrogen) atoms. The Labute approximate surface area is 151 Å². The molecule has 130 valence electrons. The van der Waals surface area contributed by atoms with Crippen LogP contribution in [-0.2, 0) is 6.54 Å². The average Bonchev–Trinajstić information content (AvgIpc) is 2.67. The fraction of sp³-hybridized carbons (Fsp3) is 0.100. The molecular weight excluding hydrogens is 328 g/mol. The third kappa shape index (κ3) is 4.30. The lowest BCUT2D eigenvalue weighted by molar-refractivity contribution is 0.0949. The number of nitrogens with zero attached hydrogens (tertiary/aromatic N) is 2. The number of benzene rings is 1. The van der Waals surface area contributed by atoms with Crippen LogP contribution in [-0.4, -0.2) is 21.8 Å². The molecule has 2 amide bonds. The molecule has 0 saturated carbocycles. The van der Waals surface area contributed by atoms with Gasteiger partial charge in [0.15, 0.2) is 0 Å². The first-order valence-corrected chi connectivity index (χ1v) is 8.14. The zero-order valence-corrected chi connectivity index (χ0v) is 14.3. The van der Waals surface area contributed by atoms with E-state index < -0.39 is 0 Å². The number of nitrogens with one attached hydrogen (secondary N) is 2. The van der Waals surface area contributed by atoms with Crippen LogP contribution in [0.5, 0.6) is 0 Å². The molecule has 2 heterocycles. The number of carbonyl (C=O) groups is 2. The molecule has 3 aromatic rings. The van der Waals surface area contributed by atoms with Gasteiger partial charge < -0.3 is 10.6 Å². The summed E-state index contributed by atoms with van der Waals surface area (Å²) in [6, 6.07) is 15.7. The van der Waals surface area contributed by atoms with Gasteiger partial charge in [0.1, 0.15) is 0 Å². The molecule has 6 nitrogen and oxygen atoms in total. The summed E-state index contributed by atoms with van der Waals surface area (Å²) in [6.07, 6.45) is 3.32. The van der Waals surface area contributed by atoms with Crippen molar-refractivity contribution >= 4 is 17.5 Å². The van der Waals surface area contributed by atoms with Gasteiger partial charge in [-0.25, -0.2) is 0 Å². The summed E-state index contributed by atoms with van der Waals surface area (Å²) >= 11 is 0. The van der Waals surface area contributed by atoms with E-state index in [0.29, 0.717) is 29.1 Å². The van der Waals surface area contributed by atoms with Crippen LogP contribution >= 0.6 is 0 Å². The number of aromatic nitrogens is 2. The normalized spacial score (nSPS) is 10.2. The first kappa shape index (κ1) is 17.3. The van der Waals surface area contributed by atoms with Crippen LogP contribution in [0.15, 0.2) is 67.0 Å². The van der Waals surface area contributed by atoms with Crippen molar-refractivity contribution in [2.24, 2.45) is 0 Å². The Kier molecular flexibility index (Phi) is 5.34. The van der Waals surface area contributed by atoms with E-state index in [9.17, 15) is 9.59 Å². The number of anilines is 1. The highest BCUT2D eigenvalue weighted by atomic mass is 16.2.